The predicted molar refractivity (Wildman–Crippen MR) is 113 cm³/mol. The Kier molecular flexibility index (Phi) is 7.01. The average Bonchev–Trinajstić information content (AvgIpc) is 2.72. The van der Waals surface area contributed by atoms with Gasteiger partial charge in [-0.05, 0) is 65.3 Å². The normalized spacial score (nSPS) is 15.6. The van der Waals surface area contributed by atoms with E-state index in [2.05, 4.69) is 33.2 Å². The van der Waals surface area contributed by atoms with E-state index in [-0.39, 0.29) is 29.6 Å². The van der Waals surface area contributed by atoms with Crippen molar-refractivity contribution in [2.24, 2.45) is 0 Å². The Bertz CT molecular complexity index is 836. The number of ether oxygens (including phenoxy) is 1. The highest BCUT2D eigenvalue weighted by Crippen LogP contribution is 2.34. The van der Waals surface area contributed by atoms with Gasteiger partial charge in [-0.3, -0.25) is 9.59 Å². The molecule has 148 valence electrons. The minimum atomic E-state index is -0.291. The van der Waals surface area contributed by atoms with Crippen LogP contribution in [-0.2, 0) is 14.9 Å². The molecule has 5 nitrogen and oxygen atoms in total. The third-order valence-corrected chi connectivity index (χ3v) is 6.00. The molecule has 0 unspecified atom stereocenters. The van der Waals surface area contributed by atoms with E-state index in [1.165, 1.54) is 12.1 Å². The van der Waals surface area contributed by atoms with Gasteiger partial charge in [-0.1, -0.05) is 24.3 Å². The second-order valence-corrected chi connectivity index (χ2v) is 8.00. The Morgan fingerprint density at radius 1 is 1.04 bits per heavy atom. The summed E-state index contributed by atoms with van der Waals surface area (Å²) in [5.74, 6) is -0.819. The third kappa shape index (κ3) is 5.08. The summed E-state index contributed by atoms with van der Waals surface area (Å²) < 4.78 is 19.6. The molecule has 3 rings (SSSR count). The number of carbonyl (C=O) groups is 2. The standard InChI is InChI=1S/C21H22FIN2O3/c22-16-7-5-15(6-8-16)21(9-11-28-12-10-21)14-25-19(26)13-24-20(27)17-3-1-2-4-18(17)23/h1-8H,9-14H2,(H,24,27)(H,25,26). The molecule has 0 atom stereocenters. The molecule has 0 bridgehead atoms. The van der Waals surface area contributed by atoms with E-state index in [1.54, 1.807) is 24.3 Å². The molecular weight excluding hydrogens is 474 g/mol. The largest absolute Gasteiger partial charge is 0.381 e. The van der Waals surface area contributed by atoms with Crippen LogP contribution in [0.5, 0.6) is 0 Å². The lowest BCUT2D eigenvalue weighted by atomic mass is 9.74. The van der Waals surface area contributed by atoms with Gasteiger partial charge >= 0.3 is 0 Å². The number of hydrogen-bond acceptors (Lipinski definition) is 3. The first-order chi connectivity index (χ1) is 13.5. The second-order valence-electron chi connectivity index (χ2n) is 6.84. The minimum Gasteiger partial charge on any atom is -0.381 e. The monoisotopic (exact) mass is 496 g/mol. The molecule has 0 radical (unpaired) electrons. The van der Waals surface area contributed by atoms with Crippen LogP contribution in [0.15, 0.2) is 48.5 Å². The van der Waals surface area contributed by atoms with E-state index in [9.17, 15) is 14.0 Å². The van der Waals surface area contributed by atoms with Crippen molar-refractivity contribution in [3.63, 3.8) is 0 Å². The summed E-state index contributed by atoms with van der Waals surface area (Å²) >= 11 is 2.09. The van der Waals surface area contributed by atoms with Crippen molar-refractivity contribution < 1.29 is 18.7 Å². The van der Waals surface area contributed by atoms with Gasteiger partial charge in [0.25, 0.3) is 5.91 Å². The summed E-state index contributed by atoms with van der Waals surface area (Å²) in [4.78, 5) is 24.6. The van der Waals surface area contributed by atoms with Gasteiger partial charge in [-0.25, -0.2) is 4.39 Å². The van der Waals surface area contributed by atoms with E-state index >= 15 is 0 Å². The van der Waals surface area contributed by atoms with Gasteiger partial charge in [-0.2, -0.15) is 0 Å². The zero-order valence-corrected chi connectivity index (χ0v) is 17.5. The van der Waals surface area contributed by atoms with Crippen LogP contribution < -0.4 is 10.6 Å². The Balaban J connectivity index is 1.59. The molecule has 2 amide bonds. The molecule has 1 heterocycles. The van der Waals surface area contributed by atoms with Crippen LogP contribution in [0.1, 0.15) is 28.8 Å². The maximum absolute atomic E-state index is 13.3. The highest BCUT2D eigenvalue weighted by Gasteiger charge is 2.34. The highest BCUT2D eigenvalue weighted by molar-refractivity contribution is 14.1. The minimum absolute atomic E-state index is 0.0974. The van der Waals surface area contributed by atoms with Crippen molar-refractivity contribution in [1.29, 1.82) is 0 Å². The fourth-order valence-electron chi connectivity index (χ4n) is 3.36. The molecule has 0 spiro atoms. The molecule has 0 aliphatic carbocycles. The van der Waals surface area contributed by atoms with Crippen molar-refractivity contribution in [2.45, 2.75) is 18.3 Å². The molecule has 0 saturated carbocycles. The number of nitrogens with one attached hydrogen (secondary N) is 2. The zero-order valence-electron chi connectivity index (χ0n) is 15.3. The fourth-order valence-corrected chi connectivity index (χ4v) is 4.00. The Labute approximate surface area is 177 Å². The number of benzene rings is 2. The Hall–Kier alpha value is -2.00. The van der Waals surface area contributed by atoms with Crippen LogP contribution in [-0.4, -0.2) is 38.1 Å². The summed E-state index contributed by atoms with van der Waals surface area (Å²) in [6, 6.07) is 13.6. The lowest BCUT2D eigenvalue weighted by Gasteiger charge is -2.38. The summed E-state index contributed by atoms with van der Waals surface area (Å²) in [5.41, 5.74) is 1.24. The van der Waals surface area contributed by atoms with Crippen LogP contribution in [0.3, 0.4) is 0 Å². The molecule has 1 saturated heterocycles. The number of halogens is 2. The number of amides is 2. The maximum atomic E-state index is 13.3. The quantitative estimate of drug-likeness (QED) is 0.605. The topological polar surface area (TPSA) is 67.4 Å². The van der Waals surface area contributed by atoms with E-state index in [1.807, 2.05) is 12.1 Å². The van der Waals surface area contributed by atoms with Crippen molar-refractivity contribution in [1.82, 2.24) is 10.6 Å². The lowest BCUT2D eigenvalue weighted by Crippen LogP contribution is -2.47. The van der Waals surface area contributed by atoms with Crippen LogP contribution in [0.25, 0.3) is 0 Å². The zero-order chi connectivity index (χ0) is 20.0. The van der Waals surface area contributed by atoms with Gasteiger partial charge in [0.2, 0.25) is 5.91 Å². The summed E-state index contributed by atoms with van der Waals surface area (Å²) in [5, 5.41) is 5.58. The van der Waals surface area contributed by atoms with E-state index in [4.69, 9.17) is 4.74 Å². The molecule has 0 aromatic heterocycles. The predicted octanol–water partition coefficient (Wildman–Crippen LogP) is 3.02. The SMILES string of the molecule is O=C(CNC(=O)c1ccccc1I)NCC1(c2ccc(F)cc2)CCOCC1. The number of carbonyl (C=O) groups excluding carboxylic acids is 2. The smallest absolute Gasteiger partial charge is 0.252 e. The van der Waals surface area contributed by atoms with Crippen LogP contribution in [0.2, 0.25) is 0 Å². The van der Waals surface area contributed by atoms with Crippen molar-refractivity contribution in [3.8, 4) is 0 Å². The first kappa shape index (κ1) is 20.7. The first-order valence-corrected chi connectivity index (χ1v) is 10.2. The van der Waals surface area contributed by atoms with Crippen LogP contribution in [0.4, 0.5) is 4.39 Å². The molecule has 2 aromatic rings. The van der Waals surface area contributed by atoms with Gasteiger partial charge in [-0.15, -0.1) is 0 Å². The van der Waals surface area contributed by atoms with Crippen LogP contribution >= 0.6 is 22.6 Å². The summed E-state index contributed by atoms with van der Waals surface area (Å²) in [7, 11) is 0. The Morgan fingerprint density at radius 3 is 2.39 bits per heavy atom. The molecule has 1 fully saturated rings. The van der Waals surface area contributed by atoms with Gasteiger partial charge in [0.15, 0.2) is 0 Å². The van der Waals surface area contributed by atoms with Gasteiger partial charge in [0, 0.05) is 28.7 Å². The van der Waals surface area contributed by atoms with Gasteiger partial charge in [0.1, 0.15) is 5.82 Å². The van der Waals surface area contributed by atoms with E-state index in [0.717, 1.165) is 22.0 Å². The van der Waals surface area contributed by atoms with Crippen molar-refractivity contribution >= 4 is 34.4 Å². The number of rotatable bonds is 6. The van der Waals surface area contributed by atoms with Crippen molar-refractivity contribution in [2.75, 3.05) is 26.3 Å². The molecular formula is C21H22FIN2O3. The van der Waals surface area contributed by atoms with E-state index < -0.39 is 0 Å². The molecule has 28 heavy (non-hydrogen) atoms. The first-order valence-electron chi connectivity index (χ1n) is 9.13. The fraction of sp³-hybridized carbons (Fsp3) is 0.333. The maximum Gasteiger partial charge on any atom is 0.252 e. The average molecular weight is 496 g/mol. The second kappa shape index (κ2) is 9.47. The highest BCUT2D eigenvalue weighted by atomic mass is 127. The van der Waals surface area contributed by atoms with E-state index in [0.29, 0.717) is 25.3 Å². The molecule has 1 aliphatic rings. The lowest BCUT2D eigenvalue weighted by molar-refractivity contribution is -0.120. The Morgan fingerprint density at radius 2 is 1.71 bits per heavy atom. The third-order valence-electron chi connectivity index (χ3n) is 5.06. The van der Waals surface area contributed by atoms with Gasteiger partial charge < -0.3 is 15.4 Å². The van der Waals surface area contributed by atoms with Gasteiger partial charge in [0.05, 0.1) is 12.1 Å². The molecule has 1 aliphatic heterocycles. The molecule has 7 heteroatoms. The number of hydrogen-bond donors (Lipinski definition) is 2. The molecule has 2 aromatic carbocycles. The summed E-state index contributed by atoms with van der Waals surface area (Å²) in [6.07, 6.45) is 1.49. The summed E-state index contributed by atoms with van der Waals surface area (Å²) in [6.45, 7) is 1.51. The molecule has 2 N–H and O–H groups in total. The van der Waals surface area contributed by atoms with Crippen molar-refractivity contribution in [3.05, 3.63) is 69.0 Å². The van der Waals surface area contributed by atoms with Crippen LogP contribution in [0, 0.1) is 9.39 Å².